The molecular weight excluding hydrogens is 468 g/mol. The van der Waals surface area contributed by atoms with Crippen molar-refractivity contribution in [3.8, 4) is 0 Å². The summed E-state index contributed by atoms with van der Waals surface area (Å²) in [4.78, 5) is 32.8. The first kappa shape index (κ1) is 22.9. The van der Waals surface area contributed by atoms with Gasteiger partial charge in [-0.1, -0.05) is 43.9 Å². The number of hydrogen-bond donors (Lipinski definition) is 1. The van der Waals surface area contributed by atoms with Crippen LogP contribution in [0, 0.1) is 12.8 Å². The molecule has 2 aliphatic heterocycles. The van der Waals surface area contributed by atoms with Crippen LogP contribution in [-0.2, 0) is 14.6 Å². The first-order chi connectivity index (χ1) is 15.1. The van der Waals surface area contributed by atoms with Gasteiger partial charge in [0.15, 0.2) is 9.84 Å². The smallest absolute Gasteiger partial charge is 0.267 e. The van der Waals surface area contributed by atoms with Crippen molar-refractivity contribution >= 4 is 61.6 Å². The zero-order valence-electron chi connectivity index (χ0n) is 18.0. The minimum atomic E-state index is -3.17. The molecule has 1 atom stereocenters. The highest BCUT2D eigenvalue weighted by atomic mass is 32.2. The summed E-state index contributed by atoms with van der Waals surface area (Å²) in [6.45, 7) is 6.59. The van der Waals surface area contributed by atoms with Crippen LogP contribution in [0.2, 0.25) is 0 Å². The number of nitrogens with zero attached hydrogens (tertiary/aromatic N) is 3. The summed E-state index contributed by atoms with van der Waals surface area (Å²) < 4.78 is 25.6. The van der Waals surface area contributed by atoms with Gasteiger partial charge in [-0.2, -0.15) is 0 Å². The van der Waals surface area contributed by atoms with Crippen molar-refractivity contribution < 1.29 is 13.2 Å². The first-order valence-electron chi connectivity index (χ1n) is 10.3. The number of fused-ring (bicyclic) bond motifs is 1. The van der Waals surface area contributed by atoms with Crippen molar-refractivity contribution in [3.05, 3.63) is 44.7 Å². The molecule has 4 rings (SSSR count). The van der Waals surface area contributed by atoms with E-state index in [9.17, 15) is 18.0 Å². The van der Waals surface area contributed by atoms with E-state index >= 15 is 0 Å². The van der Waals surface area contributed by atoms with Crippen molar-refractivity contribution in [1.29, 1.82) is 0 Å². The molecule has 0 bridgehead atoms. The first-order valence-corrected chi connectivity index (χ1v) is 13.3. The molecule has 0 spiro atoms. The van der Waals surface area contributed by atoms with E-state index in [1.807, 2.05) is 26.8 Å². The van der Waals surface area contributed by atoms with Crippen LogP contribution >= 0.6 is 24.0 Å². The van der Waals surface area contributed by atoms with Gasteiger partial charge >= 0.3 is 0 Å². The highest BCUT2D eigenvalue weighted by Gasteiger charge is 2.42. The van der Waals surface area contributed by atoms with Gasteiger partial charge in [0, 0.05) is 12.7 Å². The number of aromatic nitrogens is 2. The highest BCUT2D eigenvalue weighted by Crippen LogP contribution is 2.36. The molecule has 2 fully saturated rings. The van der Waals surface area contributed by atoms with Crippen molar-refractivity contribution in [2.75, 3.05) is 23.4 Å². The number of carbonyl (C=O) groups is 1. The number of hydrogen-bond acceptors (Lipinski definition) is 8. The average molecular weight is 493 g/mol. The van der Waals surface area contributed by atoms with Crippen LogP contribution in [0.3, 0.4) is 0 Å². The lowest BCUT2D eigenvalue weighted by Crippen LogP contribution is -2.39. The van der Waals surface area contributed by atoms with Crippen LogP contribution in [0.15, 0.2) is 28.0 Å². The molecule has 8 nitrogen and oxygen atoms in total. The summed E-state index contributed by atoms with van der Waals surface area (Å²) in [6, 6.07) is 3.20. The molecule has 32 heavy (non-hydrogen) atoms. The second kappa shape index (κ2) is 8.60. The second-order valence-corrected chi connectivity index (χ2v) is 12.4. The molecule has 11 heteroatoms. The third kappa shape index (κ3) is 4.46. The molecular formula is C21H24N4O4S3. The highest BCUT2D eigenvalue weighted by molar-refractivity contribution is 8.26. The van der Waals surface area contributed by atoms with Crippen molar-refractivity contribution in [2.24, 2.45) is 5.92 Å². The van der Waals surface area contributed by atoms with Gasteiger partial charge in [-0.25, -0.2) is 13.4 Å². The molecule has 170 valence electrons. The van der Waals surface area contributed by atoms with Gasteiger partial charge in [-0.15, -0.1) is 0 Å². The lowest BCUT2D eigenvalue weighted by atomic mass is 10.2. The second-order valence-electron chi connectivity index (χ2n) is 8.50. The quantitative estimate of drug-likeness (QED) is 0.502. The fourth-order valence-corrected chi connectivity index (χ4v) is 6.81. The van der Waals surface area contributed by atoms with E-state index in [-0.39, 0.29) is 28.5 Å². The van der Waals surface area contributed by atoms with Crippen molar-refractivity contribution in [2.45, 2.75) is 33.2 Å². The Morgan fingerprint density at radius 1 is 1.34 bits per heavy atom. The summed E-state index contributed by atoms with van der Waals surface area (Å²) in [5, 5.41) is 3.22. The van der Waals surface area contributed by atoms with Crippen LogP contribution in [0.1, 0.15) is 31.4 Å². The lowest BCUT2D eigenvalue weighted by molar-refractivity contribution is -0.123. The fourth-order valence-electron chi connectivity index (χ4n) is 3.73. The number of amides is 1. The Balaban J connectivity index is 1.77. The Kier molecular flexibility index (Phi) is 6.17. The summed E-state index contributed by atoms with van der Waals surface area (Å²) in [7, 11) is -3.17. The van der Waals surface area contributed by atoms with Gasteiger partial charge in [0.25, 0.3) is 11.5 Å². The van der Waals surface area contributed by atoms with Gasteiger partial charge < -0.3 is 5.32 Å². The zero-order valence-corrected chi connectivity index (χ0v) is 20.4. The number of anilines is 1. The number of aryl methyl sites for hydroxylation is 1. The van der Waals surface area contributed by atoms with E-state index in [0.717, 1.165) is 17.3 Å². The van der Waals surface area contributed by atoms with Crippen molar-refractivity contribution in [3.63, 3.8) is 0 Å². The van der Waals surface area contributed by atoms with Crippen LogP contribution < -0.4 is 10.9 Å². The maximum atomic E-state index is 13.3. The van der Waals surface area contributed by atoms with Gasteiger partial charge in [0.1, 0.15) is 15.8 Å². The largest absolute Gasteiger partial charge is 0.369 e. The molecule has 2 aliphatic rings. The average Bonchev–Trinajstić information content (AvgIpc) is 3.20. The van der Waals surface area contributed by atoms with Gasteiger partial charge in [-0.3, -0.25) is 18.9 Å². The minimum absolute atomic E-state index is 0.0480. The molecule has 2 aromatic heterocycles. The molecule has 0 aliphatic carbocycles. The molecule has 4 heterocycles. The summed E-state index contributed by atoms with van der Waals surface area (Å²) in [5.41, 5.74) is 1.39. The summed E-state index contributed by atoms with van der Waals surface area (Å²) in [5.74, 6) is 0.315. The Morgan fingerprint density at radius 2 is 2.09 bits per heavy atom. The Bertz CT molecular complexity index is 1310. The maximum absolute atomic E-state index is 13.3. The third-order valence-electron chi connectivity index (χ3n) is 5.36. The monoisotopic (exact) mass is 492 g/mol. The number of thiocarbonyl (C=S) groups is 1. The normalized spacial score (nSPS) is 21.9. The lowest BCUT2D eigenvalue weighted by Gasteiger charge is -2.20. The van der Waals surface area contributed by atoms with E-state index in [1.165, 1.54) is 15.4 Å². The molecule has 1 unspecified atom stereocenters. The predicted octanol–water partition coefficient (Wildman–Crippen LogP) is 2.46. The summed E-state index contributed by atoms with van der Waals surface area (Å²) >= 11 is 6.47. The van der Waals surface area contributed by atoms with E-state index in [1.54, 1.807) is 12.3 Å². The molecule has 0 radical (unpaired) electrons. The molecule has 1 amide bonds. The van der Waals surface area contributed by atoms with Crippen LogP contribution in [-0.4, -0.2) is 57.0 Å². The summed E-state index contributed by atoms with van der Waals surface area (Å²) in [6.07, 6.45) is 3.60. The predicted molar refractivity (Wildman–Crippen MR) is 132 cm³/mol. The number of nitrogens with one attached hydrogen (secondary N) is 1. The number of carbonyl (C=O) groups excluding carboxylic acids is 1. The molecule has 1 N–H and O–H groups in total. The van der Waals surface area contributed by atoms with Crippen LogP contribution in [0.25, 0.3) is 11.7 Å². The number of pyridine rings is 1. The maximum Gasteiger partial charge on any atom is 0.267 e. The number of sulfone groups is 1. The number of rotatable bonds is 5. The standard InChI is InChI=1S/C21H24N4O4S3/c1-12(2)9-22-18-15(19(26)24-10-13(3)4-5-17(24)23-18)8-16-20(27)25(21(30)31-16)14-6-7-32(28,29)11-14/h4-5,8,10,12,14,22H,6-7,9,11H2,1-3H3. The van der Waals surface area contributed by atoms with Gasteiger partial charge in [-0.05, 0) is 37.0 Å². The Labute approximate surface area is 196 Å². The molecule has 2 aromatic rings. The fraction of sp³-hybridized carbons (Fsp3) is 0.429. The molecule has 0 aromatic carbocycles. The van der Waals surface area contributed by atoms with Gasteiger partial charge in [0.05, 0.1) is 28.0 Å². The molecule has 0 saturated carbocycles. The Morgan fingerprint density at radius 3 is 2.75 bits per heavy atom. The van der Waals surface area contributed by atoms with Crippen molar-refractivity contribution in [1.82, 2.24) is 14.3 Å². The minimum Gasteiger partial charge on any atom is -0.369 e. The molecule has 2 saturated heterocycles. The topological polar surface area (TPSA) is 101 Å². The third-order valence-corrected chi connectivity index (χ3v) is 8.44. The van der Waals surface area contributed by atoms with E-state index in [0.29, 0.717) is 39.6 Å². The van der Waals surface area contributed by atoms with E-state index in [2.05, 4.69) is 10.3 Å². The van der Waals surface area contributed by atoms with E-state index in [4.69, 9.17) is 12.2 Å². The number of thioether (sulfide) groups is 1. The van der Waals surface area contributed by atoms with E-state index < -0.39 is 15.9 Å². The Hall–Kier alpha value is -2.24. The van der Waals surface area contributed by atoms with Crippen LogP contribution in [0.5, 0.6) is 0 Å². The zero-order chi connectivity index (χ0) is 23.2. The SMILES string of the molecule is Cc1ccc2nc(NCC(C)C)c(C=C3SC(=S)N(C4CCS(=O)(=O)C4)C3=O)c(=O)n2c1. The van der Waals surface area contributed by atoms with Crippen LogP contribution in [0.4, 0.5) is 5.82 Å². The van der Waals surface area contributed by atoms with Gasteiger partial charge in [0.2, 0.25) is 0 Å².